The Hall–Kier alpha value is -1.59. The van der Waals surface area contributed by atoms with Gasteiger partial charge in [0.05, 0.1) is 6.42 Å². The van der Waals surface area contributed by atoms with E-state index in [1.165, 1.54) is 22.3 Å². The third-order valence-corrected chi connectivity index (χ3v) is 5.07. The van der Waals surface area contributed by atoms with E-state index in [9.17, 15) is 0 Å². The molecule has 0 bridgehead atoms. The minimum atomic E-state index is 0.617. The summed E-state index contributed by atoms with van der Waals surface area (Å²) in [7, 11) is 0. The molecule has 23 heavy (non-hydrogen) atoms. The van der Waals surface area contributed by atoms with Gasteiger partial charge >= 0.3 is 0 Å². The van der Waals surface area contributed by atoms with Crippen LogP contribution in [0.1, 0.15) is 28.1 Å². The molecule has 1 heterocycles. The minimum absolute atomic E-state index is 0.617. The van der Waals surface area contributed by atoms with Gasteiger partial charge in [-0.1, -0.05) is 58.0 Å². The maximum atomic E-state index is 5.73. The fourth-order valence-electron chi connectivity index (χ4n) is 2.18. The highest BCUT2D eigenvalue weighted by Gasteiger charge is 2.08. The summed E-state index contributed by atoms with van der Waals surface area (Å²) in [6.45, 7) is 4.23. The van der Waals surface area contributed by atoms with Crippen molar-refractivity contribution >= 4 is 27.7 Å². The van der Waals surface area contributed by atoms with Gasteiger partial charge in [-0.25, -0.2) is 0 Å². The van der Waals surface area contributed by atoms with Gasteiger partial charge in [-0.3, -0.25) is 0 Å². The molecule has 0 spiro atoms. The summed E-state index contributed by atoms with van der Waals surface area (Å²) in [6, 6.07) is 14.7. The molecule has 0 aliphatic carbocycles. The summed E-state index contributed by atoms with van der Waals surface area (Å²) in [4.78, 5) is 0. The highest BCUT2D eigenvalue weighted by Crippen LogP contribution is 2.23. The maximum Gasteiger partial charge on any atom is 0.276 e. The summed E-state index contributed by atoms with van der Waals surface area (Å²) in [6.07, 6.45) is 0.674. The SMILES string of the molecule is Cc1ccc(Cc2nnc(SCc3ccc(Br)cc3)o2)cc1C. The first-order chi connectivity index (χ1) is 11.1. The average molecular weight is 389 g/mol. The molecule has 0 saturated carbocycles. The number of rotatable bonds is 5. The molecule has 0 unspecified atom stereocenters. The molecule has 0 fully saturated rings. The van der Waals surface area contributed by atoms with Crippen LogP contribution in [0.4, 0.5) is 0 Å². The maximum absolute atomic E-state index is 5.73. The van der Waals surface area contributed by atoms with Crippen LogP contribution in [-0.2, 0) is 12.2 Å². The summed E-state index contributed by atoms with van der Waals surface area (Å²) >= 11 is 5.00. The number of nitrogens with zero attached hydrogens (tertiary/aromatic N) is 2. The van der Waals surface area contributed by atoms with Crippen LogP contribution in [0.2, 0.25) is 0 Å². The van der Waals surface area contributed by atoms with E-state index in [1.54, 1.807) is 11.8 Å². The molecule has 0 N–H and O–H groups in total. The van der Waals surface area contributed by atoms with E-state index < -0.39 is 0 Å². The first-order valence-corrected chi connectivity index (χ1v) is 9.14. The highest BCUT2D eigenvalue weighted by atomic mass is 79.9. The van der Waals surface area contributed by atoms with Crippen molar-refractivity contribution in [3.05, 3.63) is 75.1 Å². The van der Waals surface area contributed by atoms with E-state index in [0.717, 1.165) is 10.2 Å². The van der Waals surface area contributed by atoms with Crippen LogP contribution in [0.15, 0.2) is 56.6 Å². The lowest BCUT2D eigenvalue weighted by Crippen LogP contribution is -1.90. The Morgan fingerprint density at radius 2 is 1.70 bits per heavy atom. The zero-order valence-corrected chi connectivity index (χ0v) is 15.4. The quantitative estimate of drug-likeness (QED) is 0.553. The molecule has 0 amide bonds. The number of aryl methyl sites for hydroxylation is 2. The van der Waals surface area contributed by atoms with Gasteiger partial charge in [0.2, 0.25) is 5.89 Å². The third kappa shape index (κ3) is 4.45. The molecule has 0 aliphatic rings. The van der Waals surface area contributed by atoms with Gasteiger partial charge in [-0.2, -0.15) is 0 Å². The van der Waals surface area contributed by atoms with Crippen LogP contribution in [0.3, 0.4) is 0 Å². The number of halogens is 1. The highest BCUT2D eigenvalue weighted by molar-refractivity contribution is 9.10. The summed E-state index contributed by atoms with van der Waals surface area (Å²) in [5.41, 5.74) is 5.00. The van der Waals surface area contributed by atoms with Crippen LogP contribution in [-0.4, -0.2) is 10.2 Å². The van der Waals surface area contributed by atoms with E-state index in [0.29, 0.717) is 17.5 Å². The van der Waals surface area contributed by atoms with E-state index >= 15 is 0 Å². The van der Waals surface area contributed by atoms with Crippen molar-refractivity contribution in [2.24, 2.45) is 0 Å². The van der Waals surface area contributed by atoms with Crippen molar-refractivity contribution in [2.45, 2.75) is 31.2 Å². The summed E-state index contributed by atoms with van der Waals surface area (Å²) in [5.74, 6) is 1.48. The molecule has 0 aliphatic heterocycles. The Kier molecular flexibility index (Phi) is 5.18. The molecule has 0 radical (unpaired) electrons. The molecular weight excluding hydrogens is 372 g/mol. The largest absolute Gasteiger partial charge is 0.416 e. The van der Waals surface area contributed by atoms with E-state index in [2.05, 4.69) is 70.3 Å². The molecule has 118 valence electrons. The zero-order valence-electron chi connectivity index (χ0n) is 13.0. The topological polar surface area (TPSA) is 38.9 Å². The van der Waals surface area contributed by atoms with Crippen molar-refractivity contribution < 1.29 is 4.42 Å². The number of aromatic nitrogens is 2. The predicted molar refractivity (Wildman–Crippen MR) is 96.7 cm³/mol. The zero-order chi connectivity index (χ0) is 16.2. The Morgan fingerprint density at radius 1 is 0.957 bits per heavy atom. The fourth-order valence-corrected chi connectivity index (χ4v) is 3.18. The molecule has 1 aromatic heterocycles. The van der Waals surface area contributed by atoms with Crippen LogP contribution >= 0.6 is 27.7 Å². The van der Waals surface area contributed by atoms with E-state index in [-0.39, 0.29) is 0 Å². The van der Waals surface area contributed by atoms with Gasteiger partial charge in [0.25, 0.3) is 5.22 Å². The van der Waals surface area contributed by atoms with E-state index in [4.69, 9.17) is 4.42 Å². The van der Waals surface area contributed by atoms with Crippen LogP contribution < -0.4 is 0 Å². The molecule has 5 heteroatoms. The number of hydrogen-bond acceptors (Lipinski definition) is 4. The van der Waals surface area contributed by atoms with E-state index in [1.807, 2.05) is 12.1 Å². The summed E-state index contributed by atoms with van der Waals surface area (Å²) in [5, 5.41) is 8.88. The molecule has 3 aromatic rings. The van der Waals surface area contributed by atoms with Crippen LogP contribution in [0.5, 0.6) is 0 Å². The number of hydrogen-bond donors (Lipinski definition) is 0. The predicted octanol–water partition coefficient (Wildman–Crippen LogP) is 5.33. The molecule has 3 nitrogen and oxygen atoms in total. The van der Waals surface area contributed by atoms with Gasteiger partial charge < -0.3 is 4.42 Å². The first kappa shape index (κ1) is 16.3. The minimum Gasteiger partial charge on any atom is -0.416 e. The van der Waals surface area contributed by atoms with Crippen molar-refractivity contribution in [1.82, 2.24) is 10.2 Å². The van der Waals surface area contributed by atoms with Gasteiger partial charge in [0.1, 0.15) is 0 Å². The second-order valence-corrected chi connectivity index (χ2v) is 7.31. The van der Waals surface area contributed by atoms with Crippen molar-refractivity contribution in [2.75, 3.05) is 0 Å². The van der Waals surface area contributed by atoms with Crippen molar-refractivity contribution in [3.63, 3.8) is 0 Å². The van der Waals surface area contributed by atoms with Crippen LogP contribution in [0.25, 0.3) is 0 Å². The molecule has 3 rings (SSSR count). The van der Waals surface area contributed by atoms with Gasteiger partial charge in [0.15, 0.2) is 0 Å². The first-order valence-electron chi connectivity index (χ1n) is 7.36. The third-order valence-electron chi connectivity index (χ3n) is 3.65. The Morgan fingerprint density at radius 3 is 2.43 bits per heavy atom. The second-order valence-electron chi connectivity index (χ2n) is 5.47. The van der Waals surface area contributed by atoms with Crippen LogP contribution in [0, 0.1) is 13.8 Å². The summed E-state index contributed by atoms with van der Waals surface area (Å²) < 4.78 is 6.82. The Labute approximate surface area is 148 Å². The second kappa shape index (κ2) is 7.32. The monoisotopic (exact) mass is 388 g/mol. The number of thioether (sulfide) groups is 1. The molecule has 0 atom stereocenters. The Balaban J connectivity index is 1.61. The lowest BCUT2D eigenvalue weighted by Gasteiger charge is -2.02. The van der Waals surface area contributed by atoms with Crippen molar-refractivity contribution in [1.29, 1.82) is 0 Å². The molecule has 2 aromatic carbocycles. The Bertz CT molecular complexity index is 799. The lowest BCUT2D eigenvalue weighted by atomic mass is 10.0. The number of benzene rings is 2. The van der Waals surface area contributed by atoms with Crippen molar-refractivity contribution in [3.8, 4) is 0 Å². The molecule has 0 saturated heterocycles. The lowest BCUT2D eigenvalue weighted by molar-refractivity contribution is 0.420. The average Bonchev–Trinajstić information content (AvgIpc) is 2.98. The van der Waals surface area contributed by atoms with Gasteiger partial charge in [-0.15, -0.1) is 10.2 Å². The fraction of sp³-hybridized carbons (Fsp3) is 0.222. The van der Waals surface area contributed by atoms with Gasteiger partial charge in [0, 0.05) is 10.2 Å². The molecular formula is C18H17BrN2OS. The van der Waals surface area contributed by atoms with Gasteiger partial charge in [-0.05, 0) is 48.2 Å². The standard InChI is InChI=1S/C18H17BrN2OS/c1-12-3-4-15(9-13(12)2)10-17-20-21-18(22-17)23-11-14-5-7-16(19)8-6-14/h3-9H,10-11H2,1-2H3. The smallest absolute Gasteiger partial charge is 0.276 e. The normalized spacial score (nSPS) is 10.9.